The Morgan fingerprint density at radius 3 is 2.38 bits per heavy atom. The maximum atomic E-state index is 11.4. The molecule has 5 nitrogen and oxygen atoms in total. The molecule has 5 heteroatoms. The number of hydrogen-bond donors (Lipinski definition) is 0. The quantitative estimate of drug-likeness (QED) is 0.538. The SMILES string of the molecule is Cc1c(C)[n+]([O-])cn1[C@H](CC(C)C)C(=O)[O-]. The van der Waals surface area contributed by atoms with Crippen LogP contribution < -0.4 is 9.84 Å². The van der Waals surface area contributed by atoms with Crippen LogP contribution in [-0.2, 0) is 4.79 Å². The molecule has 1 heterocycles. The number of carboxylic acids is 1. The molecule has 0 aromatic carbocycles. The number of carbonyl (C=O) groups excluding carboxylic acids is 1. The van der Waals surface area contributed by atoms with Gasteiger partial charge in [-0.3, -0.25) is 0 Å². The van der Waals surface area contributed by atoms with E-state index in [1.54, 1.807) is 13.8 Å². The van der Waals surface area contributed by atoms with Crippen LogP contribution in [-0.4, -0.2) is 10.5 Å². The van der Waals surface area contributed by atoms with Crippen molar-refractivity contribution in [3.63, 3.8) is 0 Å². The lowest BCUT2D eigenvalue weighted by Gasteiger charge is -2.17. The summed E-state index contributed by atoms with van der Waals surface area (Å²) >= 11 is 0. The van der Waals surface area contributed by atoms with Crippen molar-refractivity contribution in [1.82, 2.24) is 4.57 Å². The molecule has 0 bridgehead atoms. The lowest BCUT2D eigenvalue weighted by atomic mass is 10.0. The number of aliphatic carboxylic acids is 1. The molecule has 0 saturated heterocycles. The van der Waals surface area contributed by atoms with Crippen molar-refractivity contribution in [2.45, 2.75) is 40.2 Å². The lowest BCUT2D eigenvalue weighted by Crippen LogP contribution is -2.35. The Balaban J connectivity index is 3.11. The number of nitrogens with zero attached hydrogens (tertiary/aromatic N) is 2. The second-order valence-electron chi connectivity index (χ2n) is 4.48. The topological polar surface area (TPSA) is 72.0 Å². The normalized spacial score (nSPS) is 13.1. The van der Waals surface area contributed by atoms with Gasteiger partial charge in [-0.1, -0.05) is 13.8 Å². The van der Waals surface area contributed by atoms with Crippen molar-refractivity contribution in [3.05, 3.63) is 22.9 Å². The Morgan fingerprint density at radius 2 is 2.06 bits per heavy atom. The highest BCUT2D eigenvalue weighted by molar-refractivity contribution is 5.69. The van der Waals surface area contributed by atoms with Crippen LogP contribution in [0.3, 0.4) is 0 Å². The molecule has 90 valence electrons. The van der Waals surface area contributed by atoms with Crippen LogP contribution in [0.25, 0.3) is 0 Å². The van der Waals surface area contributed by atoms with Crippen molar-refractivity contribution >= 4 is 5.97 Å². The average molecular weight is 225 g/mol. The molecule has 0 aliphatic rings. The minimum Gasteiger partial charge on any atom is -0.711 e. The van der Waals surface area contributed by atoms with E-state index in [0.29, 0.717) is 22.5 Å². The number of rotatable bonds is 4. The molecule has 0 spiro atoms. The van der Waals surface area contributed by atoms with Gasteiger partial charge in [0.2, 0.25) is 6.33 Å². The number of hydrogen-bond acceptors (Lipinski definition) is 3. The molecule has 1 atom stereocenters. The largest absolute Gasteiger partial charge is 0.711 e. The highest BCUT2D eigenvalue weighted by atomic mass is 16.5. The smallest absolute Gasteiger partial charge is 0.247 e. The molecule has 0 unspecified atom stereocenters. The minimum atomic E-state index is -1.15. The molecule has 0 aliphatic heterocycles. The van der Waals surface area contributed by atoms with Gasteiger partial charge in [0.15, 0.2) is 0 Å². The fourth-order valence-electron chi connectivity index (χ4n) is 1.72. The van der Waals surface area contributed by atoms with Crippen LogP contribution in [0.5, 0.6) is 0 Å². The van der Waals surface area contributed by atoms with Crippen molar-refractivity contribution in [2.75, 3.05) is 0 Å². The summed E-state index contributed by atoms with van der Waals surface area (Å²) in [6, 6.07) is -0.770. The molecule has 1 aromatic rings. The summed E-state index contributed by atoms with van der Waals surface area (Å²) in [5, 5.41) is 22.4. The van der Waals surface area contributed by atoms with Gasteiger partial charge in [-0.25, -0.2) is 9.30 Å². The first-order valence-electron chi connectivity index (χ1n) is 5.32. The zero-order valence-electron chi connectivity index (χ0n) is 10.1. The lowest BCUT2D eigenvalue weighted by molar-refractivity contribution is -0.611. The van der Waals surface area contributed by atoms with E-state index in [2.05, 4.69) is 0 Å². The van der Waals surface area contributed by atoms with Crippen LogP contribution in [0.15, 0.2) is 6.33 Å². The van der Waals surface area contributed by atoms with Gasteiger partial charge < -0.3 is 15.1 Å². The fourth-order valence-corrected chi connectivity index (χ4v) is 1.72. The summed E-state index contributed by atoms with van der Waals surface area (Å²) < 4.78 is 2.17. The van der Waals surface area contributed by atoms with Gasteiger partial charge in [0, 0.05) is 13.8 Å². The first-order chi connectivity index (χ1) is 7.34. The Hall–Kier alpha value is -1.52. The molecule has 0 fully saturated rings. The second-order valence-corrected chi connectivity index (χ2v) is 4.48. The molecule has 0 aliphatic carbocycles. The summed E-state index contributed by atoms with van der Waals surface area (Å²) in [5.74, 6) is -0.919. The van der Waals surface area contributed by atoms with E-state index in [9.17, 15) is 15.1 Å². The molecular formula is C11H17N2O3-. The zero-order chi connectivity index (χ0) is 12.5. The minimum absolute atomic E-state index is 0.227. The molecule has 1 aromatic heterocycles. The number of aromatic nitrogens is 2. The molecule has 0 radical (unpaired) electrons. The molecule has 1 rings (SSSR count). The predicted molar refractivity (Wildman–Crippen MR) is 56.4 cm³/mol. The van der Waals surface area contributed by atoms with Crippen molar-refractivity contribution in [1.29, 1.82) is 0 Å². The van der Waals surface area contributed by atoms with Gasteiger partial charge in [0.05, 0.1) is 5.97 Å². The van der Waals surface area contributed by atoms with Gasteiger partial charge in [-0.2, -0.15) is 0 Å². The van der Waals surface area contributed by atoms with E-state index in [1.807, 2.05) is 13.8 Å². The Morgan fingerprint density at radius 1 is 1.50 bits per heavy atom. The maximum Gasteiger partial charge on any atom is 0.247 e. The van der Waals surface area contributed by atoms with E-state index < -0.39 is 12.0 Å². The third-order valence-electron chi connectivity index (χ3n) is 2.77. The number of carboxylic acid groups (broad SMARTS) is 1. The Bertz CT molecular complexity index is 396. The van der Waals surface area contributed by atoms with Gasteiger partial charge in [-0.05, 0) is 12.3 Å². The van der Waals surface area contributed by atoms with Crippen molar-refractivity contribution < 1.29 is 14.6 Å². The van der Waals surface area contributed by atoms with Gasteiger partial charge in [0.25, 0.3) is 0 Å². The van der Waals surface area contributed by atoms with E-state index >= 15 is 0 Å². The highest BCUT2D eigenvalue weighted by Crippen LogP contribution is 2.19. The van der Waals surface area contributed by atoms with Gasteiger partial charge in [-0.15, -0.1) is 0 Å². The summed E-state index contributed by atoms with van der Waals surface area (Å²) in [5.41, 5.74) is 1.19. The first-order valence-corrected chi connectivity index (χ1v) is 5.32. The summed E-state index contributed by atoms with van der Waals surface area (Å²) in [6.07, 6.45) is 1.73. The predicted octanol–water partition coefficient (Wildman–Crippen LogP) is 0.0754. The molecule has 0 saturated carbocycles. The Kier molecular flexibility index (Phi) is 3.57. The van der Waals surface area contributed by atoms with E-state index in [-0.39, 0.29) is 5.92 Å². The van der Waals surface area contributed by atoms with Crippen LogP contribution >= 0.6 is 0 Å². The summed E-state index contributed by atoms with van der Waals surface area (Å²) in [4.78, 5) is 11.1. The molecule has 0 amide bonds. The third kappa shape index (κ3) is 2.35. The van der Waals surface area contributed by atoms with E-state index in [4.69, 9.17) is 0 Å². The molecule has 0 N–H and O–H groups in total. The average Bonchev–Trinajstić information content (AvgIpc) is 2.42. The number of carbonyl (C=O) groups is 1. The molecular weight excluding hydrogens is 208 g/mol. The van der Waals surface area contributed by atoms with Crippen LogP contribution in [0.1, 0.15) is 37.7 Å². The van der Waals surface area contributed by atoms with Crippen LogP contribution in [0.2, 0.25) is 0 Å². The van der Waals surface area contributed by atoms with Gasteiger partial charge >= 0.3 is 0 Å². The highest BCUT2D eigenvalue weighted by Gasteiger charge is 2.23. The monoisotopic (exact) mass is 225 g/mol. The summed E-state index contributed by atoms with van der Waals surface area (Å²) in [6.45, 7) is 7.28. The van der Waals surface area contributed by atoms with Crippen molar-refractivity contribution in [3.8, 4) is 0 Å². The fraction of sp³-hybridized carbons (Fsp3) is 0.636. The van der Waals surface area contributed by atoms with Crippen LogP contribution in [0.4, 0.5) is 0 Å². The van der Waals surface area contributed by atoms with Crippen LogP contribution in [0, 0.1) is 25.0 Å². The molecule has 16 heavy (non-hydrogen) atoms. The van der Waals surface area contributed by atoms with Crippen molar-refractivity contribution in [2.24, 2.45) is 5.92 Å². The van der Waals surface area contributed by atoms with Gasteiger partial charge in [0.1, 0.15) is 17.4 Å². The standard InChI is InChI=1S/C11H18N2O3/c1-7(2)5-10(11(14)15)12-6-13(16)9(4)8(12)3/h6-7,10H,5H2,1-4H3,(H,14,15)/p-1/t10-/m1/s1. The first kappa shape index (κ1) is 12.5. The van der Waals surface area contributed by atoms with E-state index in [1.165, 1.54) is 10.9 Å². The third-order valence-corrected chi connectivity index (χ3v) is 2.77. The number of imidazole rings is 1. The zero-order valence-corrected chi connectivity index (χ0v) is 10.1. The maximum absolute atomic E-state index is 11.4. The second kappa shape index (κ2) is 4.55. The Labute approximate surface area is 94.9 Å². The summed E-state index contributed by atoms with van der Waals surface area (Å²) in [7, 11) is 0. The van der Waals surface area contributed by atoms with E-state index in [0.717, 1.165) is 0 Å².